The van der Waals surface area contributed by atoms with E-state index in [1.807, 2.05) is 6.20 Å². The lowest BCUT2D eigenvalue weighted by atomic mass is 10.0. The first-order chi connectivity index (χ1) is 9.90. The third-order valence-corrected chi connectivity index (χ3v) is 4.21. The van der Waals surface area contributed by atoms with Gasteiger partial charge in [0, 0.05) is 54.5 Å². The Bertz CT molecular complexity index is 725. The van der Waals surface area contributed by atoms with E-state index in [0.29, 0.717) is 6.04 Å². The van der Waals surface area contributed by atoms with Gasteiger partial charge in [0.15, 0.2) is 0 Å². The van der Waals surface area contributed by atoms with Crippen LogP contribution in [-0.2, 0) is 19.5 Å². The normalized spacial score (nSPS) is 18.3. The minimum Gasteiger partial charge on any atom is -0.361 e. The van der Waals surface area contributed by atoms with E-state index in [1.165, 1.54) is 22.2 Å². The highest BCUT2D eigenvalue weighted by molar-refractivity contribution is 5.82. The lowest BCUT2D eigenvalue weighted by Crippen LogP contribution is -2.36. The SMILES string of the molecule is c1ccc2c(CN[C@H]3CCn4nccc4C3)c[nH]c2c1. The quantitative estimate of drug-likeness (QED) is 0.765. The summed E-state index contributed by atoms with van der Waals surface area (Å²) in [5.74, 6) is 0. The molecule has 0 bridgehead atoms. The van der Waals surface area contributed by atoms with Gasteiger partial charge >= 0.3 is 0 Å². The second kappa shape index (κ2) is 4.80. The summed E-state index contributed by atoms with van der Waals surface area (Å²) in [4.78, 5) is 3.33. The molecule has 1 atom stereocenters. The molecule has 2 aromatic heterocycles. The van der Waals surface area contributed by atoms with Crippen molar-refractivity contribution >= 4 is 10.9 Å². The molecule has 0 aliphatic carbocycles. The van der Waals surface area contributed by atoms with E-state index in [1.54, 1.807) is 0 Å². The molecule has 102 valence electrons. The van der Waals surface area contributed by atoms with Crippen LogP contribution in [0.5, 0.6) is 0 Å². The summed E-state index contributed by atoms with van der Waals surface area (Å²) >= 11 is 0. The van der Waals surface area contributed by atoms with Gasteiger partial charge < -0.3 is 10.3 Å². The first kappa shape index (κ1) is 11.7. The highest BCUT2D eigenvalue weighted by Crippen LogP contribution is 2.19. The monoisotopic (exact) mass is 266 g/mol. The fourth-order valence-corrected chi connectivity index (χ4v) is 3.07. The van der Waals surface area contributed by atoms with Crippen molar-refractivity contribution in [2.24, 2.45) is 0 Å². The van der Waals surface area contributed by atoms with E-state index in [2.05, 4.69) is 56.6 Å². The molecule has 1 aromatic carbocycles. The zero-order valence-electron chi connectivity index (χ0n) is 11.3. The fourth-order valence-electron chi connectivity index (χ4n) is 3.07. The Morgan fingerprint density at radius 1 is 1.30 bits per heavy atom. The predicted octanol–water partition coefficient (Wildman–Crippen LogP) is 2.47. The van der Waals surface area contributed by atoms with Crippen molar-refractivity contribution < 1.29 is 0 Å². The summed E-state index contributed by atoms with van der Waals surface area (Å²) in [6.07, 6.45) is 6.24. The van der Waals surface area contributed by atoms with Gasteiger partial charge in [-0.1, -0.05) is 18.2 Å². The number of aryl methyl sites for hydroxylation is 1. The number of hydrogen-bond acceptors (Lipinski definition) is 2. The van der Waals surface area contributed by atoms with Crippen molar-refractivity contribution in [1.82, 2.24) is 20.1 Å². The molecule has 4 nitrogen and oxygen atoms in total. The molecule has 0 radical (unpaired) electrons. The molecular formula is C16H18N4. The summed E-state index contributed by atoms with van der Waals surface area (Å²) < 4.78 is 2.11. The Morgan fingerprint density at radius 2 is 2.25 bits per heavy atom. The minimum atomic E-state index is 0.549. The Hall–Kier alpha value is -2.07. The van der Waals surface area contributed by atoms with E-state index in [-0.39, 0.29) is 0 Å². The van der Waals surface area contributed by atoms with Gasteiger partial charge in [0.25, 0.3) is 0 Å². The zero-order chi connectivity index (χ0) is 13.4. The number of nitrogens with zero attached hydrogens (tertiary/aromatic N) is 2. The molecule has 3 heterocycles. The van der Waals surface area contributed by atoms with Gasteiger partial charge in [-0.25, -0.2) is 0 Å². The largest absolute Gasteiger partial charge is 0.361 e. The smallest absolute Gasteiger partial charge is 0.0492 e. The standard InChI is InChI=1S/C16H18N4/c1-2-4-16-15(3-1)12(11-18-16)10-17-13-6-8-20-14(9-13)5-7-19-20/h1-5,7,11,13,17-18H,6,8-10H2/t13-/m0/s1. The van der Waals surface area contributed by atoms with E-state index >= 15 is 0 Å². The van der Waals surface area contributed by atoms with Crippen LogP contribution in [0.2, 0.25) is 0 Å². The number of nitrogens with one attached hydrogen (secondary N) is 2. The Balaban J connectivity index is 1.46. The van der Waals surface area contributed by atoms with Gasteiger partial charge in [0.2, 0.25) is 0 Å². The topological polar surface area (TPSA) is 45.6 Å². The number of hydrogen-bond donors (Lipinski definition) is 2. The molecule has 0 spiro atoms. The molecule has 20 heavy (non-hydrogen) atoms. The number of rotatable bonds is 3. The minimum absolute atomic E-state index is 0.549. The average Bonchev–Trinajstić information content (AvgIpc) is 3.11. The third-order valence-electron chi connectivity index (χ3n) is 4.21. The first-order valence-corrected chi connectivity index (χ1v) is 7.19. The fraction of sp³-hybridized carbons (Fsp3) is 0.312. The number of benzene rings is 1. The van der Waals surface area contributed by atoms with Gasteiger partial charge in [0.1, 0.15) is 0 Å². The van der Waals surface area contributed by atoms with Gasteiger partial charge in [-0.05, 0) is 24.1 Å². The zero-order valence-corrected chi connectivity index (χ0v) is 11.3. The van der Waals surface area contributed by atoms with Crippen LogP contribution in [0.4, 0.5) is 0 Å². The average molecular weight is 266 g/mol. The highest BCUT2D eigenvalue weighted by Gasteiger charge is 2.18. The van der Waals surface area contributed by atoms with Crippen molar-refractivity contribution in [3.63, 3.8) is 0 Å². The number of aromatic amines is 1. The van der Waals surface area contributed by atoms with Gasteiger partial charge in [-0.3, -0.25) is 4.68 Å². The van der Waals surface area contributed by atoms with E-state index in [4.69, 9.17) is 0 Å². The summed E-state index contributed by atoms with van der Waals surface area (Å²) in [6.45, 7) is 1.94. The van der Waals surface area contributed by atoms with Crippen LogP contribution >= 0.6 is 0 Å². The lowest BCUT2D eigenvalue weighted by molar-refractivity contribution is 0.379. The summed E-state index contributed by atoms with van der Waals surface area (Å²) in [5.41, 5.74) is 3.90. The third kappa shape index (κ3) is 2.02. The van der Waals surface area contributed by atoms with Gasteiger partial charge in [-0.2, -0.15) is 5.10 Å². The highest BCUT2D eigenvalue weighted by atomic mass is 15.3. The lowest BCUT2D eigenvalue weighted by Gasteiger charge is -2.24. The van der Waals surface area contributed by atoms with Crippen molar-refractivity contribution in [3.8, 4) is 0 Å². The molecule has 0 fully saturated rings. The van der Waals surface area contributed by atoms with Crippen molar-refractivity contribution in [1.29, 1.82) is 0 Å². The molecule has 1 aliphatic heterocycles. The molecule has 0 saturated carbocycles. The molecule has 3 aromatic rings. The maximum absolute atomic E-state index is 4.33. The van der Waals surface area contributed by atoms with Gasteiger partial charge in [-0.15, -0.1) is 0 Å². The molecule has 2 N–H and O–H groups in total. The maximum Gasteiger partial charge on any atom is 0.0492 e. The molecule has 0 saturated heterocycles. The van der Waals surface area contributed by atoms with E-state index in [9.17, 15) is 0 Å². The summed E-state index contributed by atoms with van der Waals surface area (Å²) in [7, 11) is 0. The predicted molar refractivity (Wildman–Crippen MR) is 79.5 cm³/mol. The second-order valence-corrected chi connectivity index (χ2v) is 5.48. The van der Waals surface area contributed by atoms with Gasteiger partial charge in [0.05, 0.1) is 0 Å². The van der Waals surface area contributed by atoms with Crippen LogP contribution in [0.15, 0.2) is 42.7 Å². The molecule has 4 rings (SSSR count). The summed E-state index contributed by atoms with van der Waals surface area (Å²) in [5, 5.41) is 9.33. The van der Waals surface area contributed by atoms with Crippen LogP contribution in [0.1, 0.15) is 17.7 Å². The van der Waals surface area contributed by atoms with Crippen LogP contribution in [-0.4, -0.2) is 20.8 Å². The Morgan fingerprint density at radius 3 is 3.25 bits per heavy atom. The summed E-state index contributed by atoms with van der Waals surface area (Å²) in [6, 6.07) is 11.1. The van der Waals surface area contributed by atoms with Crippen LogP contribution in [0.25, 0.3) is 10.9 Å². The number of aromatic nitrogens is 3. The molecule has 1 aliphatic rings. The Labute approximate surface area is 117 Å². The van der Waals surface area contributed by atoms with Crippen molar-refractivity contribution in [3.05, 3.63) is 54.0 Å². The number of H-pyrrole nitrogens is 1. The van der Waals surface area contributed by atoms with Crippen molar-refractivity contribution in [2.75, 3.05) is 0 Å². The number of fused-ring (bicyclic) bond motifs is 2. The van der Waals surface area contributed by atoms with E-state index < -0.39 is 0 Å². The Kier molecular flexibility index (Phi) is 2.81. The van der Waals surface area contributed by atoms with Crippen molar-refractivity contribution in [2.45, 2.75) is 32.0 Å². The number of para-hydroxylation sites is 1. The van der Waals surface area contributed by atoms with E-state index in [0.717, 1.165) is 25.9 Å². The van der Waals surface area contributed by atoms with Crippen LogP contribution in [0, 0.1) is 0 Å². The van der Waals surface area contributed by atoms with Crippen LogP contribution < -0.4 is 5.32 Å². The van der Waals surface area contributed by atoms with Crippen LogP contribution in [0.3, 0.4) is 0 Å². The second-order valence-electron chi connectivity index (χ2n) is 5.48. The molecule has 0 unspecified atom stereocenters. The molecule has 4 heteroatoms. The maximum atomic E-state index is 4.33. The first-order valence-electron chi connectivity index (χ1n) is 7.19. The molecule has 0 amide bonds. The molecular weight excluding hydrogens is 248 g/mol.